The lowest BCUT2D eigenvalue weighted by Crippen LogP contribution is -2.66. The molecule has 8 atom stereocenters. The zero-order valence-electron chi connectivity index (χ0n) is 22.8. The fourth-order valence-corrected chi connectivity index (χ4v) is 7.59. The first-order valence-corrected chi connectivity index (χ1v) is 13.2. The summed E-state index contributed by atoms with van der Waals surface area (Å²) >= 11 is 0. The highest BCUT2D eigenvalue weighted by Gasteiger charge is 2.87. The molecule has 37 heavy (non-hydrogen) atoms. The van der Waals surface area contributed by atoms with E-state index in [1.807, 2.05) is 20.8 Å². The summed E-state index contributed by atoms with van der Waals surface area (Å²) in [5.41, 5.74) is -4.46. The van der Waals surface area contributed by atoms with Gasteiger partial charge in [0, 0.05) is 47.5 Å². The Hall–Kier alpha value is -2.29. The Kier molecular flexibility index (Phi) is 6.66. The van der Waals surface area contributed by atoms with Crippen LogP contribution in [0.1, 0.15) is 67.7 Å². The normalized spacial score (nSPS) is 41.9. The molecule has 2 fully saturated rings. The SMILES string of the molecule is CC=C(C)C(=O)OC1C(C)C2(O)C(C=C(CO)CC3(O)C(=O)C(C)=CC32)C2C(C)(C)C12OC(=O)CCC. The number of carbonyl (C=O) groups is 3. The van der Waals surface area contributed by atoms with Crippen molar-refractivity contribution in [2.24, 2.45) is 29.1 Å². The smallest absolute Gasteiger partial charge is 0.333 e. The van der Waals surface area contributed by atoms with Crippen molar-refractivity contribution in [3.05, 3.63) is 34.9 Å². The van der Waals surface area contributed by atoms with Gasteiger partial charge in [-0.2, -0.15) is 0 Å². The van der Waals surface area contributed by atoms with E-state index in [0.29, 0.717) is 23.1 Å². The van der Waals surface area contributed by atoms with Crippen LogP contribution in [0.3, 0.4) is 0 Å². The van der Waals surface area contributed by atoms with Crippen LogP contribution in [0.4, 0.5) is 0 Å². The van der Waals surface area contributed by atoms with E-state index in [1.165, 1.54) is 0 Å². The van der Waals surface area contributed by atoms with E-state index in [4.69, 9.17) is 9.47 Å². The van der Waals surface area contributed by atoms with Gasteiger partial charge in [0.2, 0.25) is 0 Å². The van der Waals surface area contributed by atoms with Crippen LogP contribution in [-0.2, 0) is 23.9 Å². The Bertz CT molecular complexity index is 1110. The number of esters is 2. The Balaban J connectivity index is 1.94. The van der Waals surface area contributed by atoms with Crippen molar-refractivity contribution < 1.29 is 39.2 Å². The third-order valence-corrected chi connectivity index (χ3v) is 9.68. The molecule has 0 radical (unpaired) electrons. The minimum Gasteiger partial charge on any atom is -0.454 e. The number of Topliss-reactive ketones (excluding diaryl/α,β-unsaturated/α-hetero) is 1. The summed E-state index contributed by atoms with van der Waals surface area (Å²) in [7, 11) is 0. The third-order valence-electron chi connectivity index (χ3n) is 9.68. The molecule has 2 saturated carbocycles. The van der Waals surface area contributed by atoms with Gasteiger partial charge < -0.3 is 24.8 Å². The molecule has 8 heteroatoms. The van der Waals surface area contributed by atoms with Crippen LogP contribution < -0.4 is 0 Å². The van der Waals surface area contributed by atoms with E-state index >= 15 is 0 Å². The van der Waals surface area contributed by atoms with E-state index < -0.39 is 76.3 Å². The first-order valence-electron chi connectivity index (χ1n) is 13.2. The van der Waals surface area contributed by atoms with Gasteiger partial charge in [-0.1, -0.05) is 45.9 Å². The average Bonchev–Trinajstić information content (AvgIpc) is 3.26. The van der Waals surface area contributed by atoms with E-state index in [2.05, 4.69) is 0 Å². The highest BCUT2D eigenvalue weighted by molar-refractivity contribution is 6.04. The monoisotopic (exact) mass is 516 g/mol. The van der Waals surface area contributed by atoms with E-state index in [-0.39, 0.29) is 12.8 Å². The molecule has 4 aliphatic rings. The van der Waals surface area contributed by atoms with Crippen molar-refractivity contribution in [3.8, 4) is 0 Å². The van der Waals surface area contributed by atoms with Crippen LogP contribution in [-0.4, -0.2) is 62.6 Å². The number of carbonyl (C=O) groups excluding carboxylic acids is 3. The van der Waals surface area contributed by atoms with E-state index in [1.54, 1.807) is 45.9 Å². The number of rotatable bonds is 6. The van der Waals surface area contributed by atoms with Crippen LogP contribution in [0.2, 0.25) is 0 Å². The molecule has 0 saturated heterocycles. The summed E-state index contributed by atoms with van der Waals surface area (Å²) in [6, 6.07) is 0. The molecule has 0 bridgehead atoms. The van der Waals surface area contributed by atoms with E-state index in [0.717, 1.165) is 0 Å². The Labute approximate surface area is 218 Å². The number of ketones is 1. The van der Waals surface area contributed by atoms with Crippen LogP contribution in [0, 0.1) is 29.1 Å². The first kappa shape index (κ1) is 27.7. The molecule has 0 aromatic rings. The standard InChI is InChI=1S/C29H40O8/c1-8-10-21(31)37-29-22(26(29,6)7)19-12-18(14-30)13-27(34)20(11-16(4)23(27)32)28(19,35)17(5)24(29)36-25(33)15(3)9-2/h9,11-12,17,19-20,22,24,30,34-35H,8,10,13-14H2,1-7H3. The Morgan fingerprint density at radius 3 is 2.43 bits per heavy atom. The van der Waals surface area contributed by atoms with E-state index in [9.17, 15) is 29.7 Å². The van der Waals surface area contributed by atoms with Crippen molar-refractivity contribution in [2.75, 3.05) is 6.61 Å². The Morgan fingerprint density at radius 2 is 1.86 bits per heavy atom. The number of fused-ring (bicyclic) bond motifs is 5. The van der Waals surface area contributed by atoms with Crippen LogP contribution in [0.15, 0.2) is 34.9 Å². The maximum absolute atomic E-state index is 13.2. The van der Waals surface area contributed by atoms with Crippen molar-refractivity contribution in [1.29, 1.82) is 0 Å². The summed E-state index contributed by atoms with van der Waals surface area (Å²) in [6.45, 7) is 12.0. The van der Waals surface area contributed by atoms with Crippen LogP contribution in [0.5, 0.6) is 0 Å². The van der Waals surface area contributed by atoms with Gasteiger partial charge in [-0.25, -0.2) is 4.79 Å². The van der Waals surface area contributed by atoms with Gasteiger partial charge in [-0.15, -0.1) is 0 Å². The van der Waals surface area contributed by atoms with Gasteiger partial charge in [0.25, 0.3) is 0 Å². The number of hydrogen-bond acceptors (Lipinski definition) is 8. The summed E-state index contributed by atoms with van der Waals surface area (Å²) < 4.78 is 12.3. The highest BCUT2D eigenvalue weighted by atomic mass is 16.6. The van der Waals surface area contributed by atoms with Crippen LogP contribution in [0.25, 0.3) is 0 Å². The zero-order valence-corrected chi connectivity index (χ0v) is 22.8. The number of aliphatic hydroxyl groups excluding tert-OH is 1. The molecular weight excluding hydrogens is 476 g/mol. The van der Waals surface area contributed by atoms with Crippen molar-refractivity contribution in [2.45, 2.75) is 90.6 Å². The lowest BCUT2D eigenvalue weighted by Gasteiger charge is -2.53. The minimum atomic E-state index is -1.94. The Morgan fingerprint density at radius 1 is 1.22 bits per heavy atom. The molecular formula is C29H40O8. The topological polar surface area (TPSA) is 130 Å². The molecule has 0 aromatic heterocycles. The molecule has 8 unspecified atom stereocenters. The molecule has 204 valence electrons. The van der Waals surface area contributed by atoms with Crippen LogP contribution >= 0.6 is 0 Å². The molecule has 0 heterocycles. The van der Waals surface area contributed by atoms with Gasteiger partial charge >= 0.3 is 11.9 Å². The molecule has 0 aromatic carbocycles. The van der Waals surface area contributed by atoms with Gasteiger partial charge in [-0.05, 0) is 38.3 Å². The van der Waals surface area contributed by atoms with Gasteiger partial charge in [0.1, 0.15) is 11.7 Å². The number of aliphatic hydroxyl groups is 3. The predicted molar refractivity (Wildman–Crippen MR) is 135 cm³/mol. The van der Waals surface area contributed by atoms with Crippen molar-refractivity contribution in [1.82, 2.24) is 0 Å². The fraction of sp³-hybridized carbons (Fsp3) is 0.690. The second kappa shape index (κ2) is 8.89. The molecule has 0 amide bonds. The summed E-state index contributed by atoms with van der Waals surface area (Å²) in [5.74, 6) is -4.49. The second-order valence-corrected chi connectivity index (χ2v) is 12.0. The molecule has 3 N–H and O–H groups in total. The molecule has 0 aliphatic heterocycles. The lowest BCUT2D eigenvalue weighted by molar-refractivity contribution is -0.227. The molecule has 4 rings (SSSR count). The van der Waals surface area contributed by atoms with Crippen molar-refractivity contribution in [3.63, 3.8) is 0 Å². The number of hydrogen-bond donors (Lipinski definition) is 3. The summed E-state index contributed by atoms with van der Waals surface area (Å²) in [6.07, 6.45) is 4.61. The quantitative estimate of drug-likeness (QED) is 0.279. The van der Waals surface area contributed by atoms with Gasteiger partial charge in [0.15, 0.2) is 11.4 Å². The fourth-order valence-electron chi connectivity index (χ4n) is 7.59. The largest absolute Gasteiger partial charge is 0.454 e. The average molecular weight is 517 g/mol. The highest BCUT2D eigenvalue weighted by Crippen LogP contribution is 2.77. The molecule has 8 nitrogen and oxygen atoms in total. The number of allylic oxidation sites excluding steroid dienone is 1. The first-order chi connectivity index (χ1) is 17.2. The summed E-state index contributed by atoms with van der Waals surface area (Å²) in [4.78, 5) is 39.2. The lowest BCUT2D eigenvalue weighted by atomic mass is 9.59. The van der Waals surface area contributed by atoms with Gasteiger partial charge in [0.05, 0.1) is 12.2 Å². The van der Waals surface area contributed by atoms with Crippen molar-refractivity contribution >= 4 is 17.7 Å². The molecule has 0 spiro atoms. The maximum Gasteiger partial charge on any atom is 0.333 e. The second-order valence-electron chi connectivity index (χ2n) is 12.0. The number of ether oxygens (including phenoxy) is 2. The predicted octanol–water partition coefficient (Wildman–Crippen LogP) is 2.80. The minimum absolute atomic E-state index is 0.121. The molecule has 4 aliphatic carbocycles. The maximum atomic E-state index is 13.2. The zero-order chi connectivity index (χ0) is 27.7. The van der Waals surface area contributed by atoms with Gasteiger partial charge in [-0.3, -0.25) is 9.59 Å². The third kappa shape index (κ3) is 3.55. The summed E-state index contributed by atoms with van der Waals surface area (Å²) in [5, 5.41) is 34.6.